The van der Waals surface area contributed by atoms with E-state index in [2.05, 4.69) is 11.4 Å². The molecule has 1 aromatic rings. The van der Waals surface area contributed by atoms with Crippen LogP contribution in [0.2, 0.25) is 10.0 Å². The first-order valence-corrected chi connectivity index (χ1v) is 7.00. The van der Waals surface area contributed by atoms with Crippen molar-refractivity contribution in [3.8, 4) is 0 Å². The summed E-state index contributed by atoms with van der Waals surface area (Å²) in [7, 11) is 2.03. The first-order chi connectivity index (χ1) is 8.17. The molecule has 0 saturated heterocycles. The molecule has 0 aliphatic heterocycles. The maximum absolute atomic E-state index is 6.28. The molecule has 1 N–H and O–H groups in total. The van der Waals surface area contributed by atoms with Crippen molar-refractivity contribution in [2.75, 3.05) is 13.6 Å². The largest absolute Gasteiger partial charge is 0.319 e. The van der Waals surface area contributed by atoms with E-state index in [0.29, 0.717) is 10.4 Å². The molecule has 1 nitrogen and oxygen atoms in total. The van der Waals surface area contributed by atoms with Crippen LogP contribution >= 0.6 is 23.2 Å². The van der Waals surface area contributed by atoms with Crippen LogP contribution in [0.3, 0.4) is 0 Å². The third-order valence-corrected chi connectivity index (χ3v) is 4.67. The molecule has 0 radical (unpaired) electrons. The lowest BCUT2D eigenvalue weighted by atomic mass is 9.80. The Labute approximate surface area is 114 Å². The maximum Gasteiger partial charge on any atom is 0.0624 e. The molecule has 94 valence electrons. The zero-order valence-electron chi connectivity index (χ0n) is 10.2. The lowest BCUT2D eigenvalue weighted by Crippen LogP contribution is -2.32. The van der Waals surface area contributed by atoms with Crippen molar-refractivity contribution in [2.45, 2.75) is 32.1 Å². The molecule has 1 fully saturated rings. The van der Waals surface area contributed by atoms with Gasteiger partial charge in [0.05, 0.1) is 10.0 Å². The van der Waals surface area contributed by atoms with Crippen molar-refractivity contribution in [2.24, 2.45) is 5.41 Å². The summed E-state index contributed by atoms with van der Waals surface area (Å²) in [6.45, 7) is 1.07. The number of benzene rings is 1. The highest BCUT2D eigenvalue weighted by Gasteiger charge is 2.33. The van der Waals surface area contributed by atoms with Gasteiger partial charge in [-0.1, -0.05) is 48.2 Å². The van der Waals surface area contributed by atoms with Gasteiger partial charge in [0.25, 0.3) is 0 Å². The first-order valence-electron chi connectivity index (χ1n) is 6.24. The second-order valence-corrected chi connectivity index (χ2v) is 5.91. The van der Waals surface area contributed by atoms with Crippen LogP contribution in [0.15, 0.2) is 18.2 Å². The molecule has 3 heteroatoms. The van der Waals surface area contributed by atoms with Gasteiger partial charge in [-0.05, 0) is 43.4 Å². The molecule has 1 aliphatic rings. The smallest absolute Gasteiger partial charge is 0.0624 e. The monoisotopic (exact) mass is 271 g/mol. The van der Waals surface area contributed by atoms with Crippen LogP contribution in [0.1, 0.15) is 31.2 Å². The highest BCUT2D eigenvalue weighted by atomic mass is 35.5. The summed E-state index contributed by atoms with van der Waals surface area (Å²) < 4.78 is 0. The minimum atomic E-state index is 0.378. The molecule has 0 bridgehead atoms. The summed E-state index contributed by atoms with van der Waals surface area (Å²) in [4.78, 5) is 0. The summed E-state index contributed by atoms with van der Waals surface area (Å²) in [6.07, 6.45) is 6.28. The highest BCUT2D eigenvalue weighted by Crippen LogP contribution is 2.42. The molecule has 0 unspecified atom stereocenters. The Kier molecular flexibility index (Phi) is 4.35. The first kappa shape index (κ1) is 13.2. The molecule has 0 heterocycles. The van der Waals surface area contributed by atoms with E-state index < -0.39 is 0 Å². The summed E-state index contributed by atoms with van der Waals surface area (Å²) in [5, 5.41) is 4.73. The Morgan fingerprint density at radius 1 is 1.24 bits per heavy atom. The number of nitrogens with one attached hydrogen (secondary N) is 1. The lowest BCUT2D eigenvalue weighted by Gasteiger charge is -2.29. The molecule has 0 amide bonds. The third kappa shape index (κ3) is 2.96. The van der Waals surface area contributed by atoms with Gasteiger partial charge in [-0.25, -0.2) is 0 Å². The lowest BCUT2D eigenvalue weighted by molar-refractivity contribution is 0.286. The summed E-state index contributed by atoms with van der Waals surface area (Å²) in [5.41, 5.74) is 1.57. The van der Waals surface area contributed by atoms with Crippen LogP contribution in [0.5, 0.6) is 0 Å². The molecule has 1 saturated carbocycles. The third-order valence-electron chi connectivity index (χ3n) is 3.81. The number of hydrogen-bond donors (Lipinski definition) is 1. The van der Waals surface area contributed by atoms with Crippen LogP contribution in [-0.2, 0) is 6.42 Å². The van der Waals surface area contributed by atoms with Gasteiger partial charge < -0.3 is 5.32 Å². The molecule has 2 rings (SSSR count). The van der Waals surface area contributed by atoms with Crippen LogP contribution in [0.4, 0.5) is 0 Å². The zero-order valence-corrected chi connectivity index (χ0v) is 11.7. The van der Waals surface area contributed by atoms with E-state index in [0.717, 1.165) is 18.0 Å². The fourth-order valence-electron chi connectivity index (χ4n) is 3.01. The second-order valence-electron chi connectivity index (χ2n) is 5.13. The number of hydrogen-bond acceptors (Lipinski definition) is 1. The molecule has 1 aliphatic carbocycles. The second kappa shape index (κ2) is 5.60. The standard InChI is InChI=1S/C14H19Cl2N/c1-17-10-14(7-2-3-8-14)9-11-5-4-6-12(15)13(11)16/h4-6,17H,2-3,7-10H2,1H3. The van der Waals surface area contributed by atoms with Crippen molar-refractivity contribution >= 4 is 23.2 Å². The van der Waals surface area contributed by atoms with Crippen LogP contribution in [-0.4, -0.2) is 13.6 Å². The van der Waals surface area contributed by atoms with E-state index >= 15 is 0 Å². The van der Waals surface area contributed by atoms with E-state index in [1.54, 1.807) is 0 Å². The van der Waals surface area contributed by atoms with E-state index in [1.165, 1.54) is 31.2 Å². The van der Waals surface area contributed by atoms with Crippen LogP contribution in [0.25, 0.3) is 0 Å². The van der Waals surface area contributed by atoms with Crippen molar-refractivity contribution < 1.29 is 0 Å². The van der Waals surface area contributed by atoms with Crippen LogP contribution in [0, 0.1) is 5.41 Å². The van der Waals surface area contributed by atoms with E-state index in [-0.39, 0.29) is 0 Å². The summed E-state index contributed by atoms with van der Waals surface area (Å²) in [6, 6.07) is 5.95. The van der Waals surface area contributed by atoms with E-state index in [4.69, 9.17) is 23.2 Å². The average Bonchev–Trinajstić information content (AvgIpc) is 2.74. The molecule has 17 heavy (non-hydrogen) atoms. The molecule has 0 aromatic heterocycles. The molecular weight excluding hydrogens is 253 g/mol. The van der Waals surface area contributed by atoms with E-state index in [1.807, 2.05) is 19.2 Å². The SMILES string of the molecule is CNCC1(Cc2cccc(Cl)c2Cl)CCCC1. The minimum Gasteiger partial charge on any atom is -0.319 e. The van der Waals surface area contributed by atoms with Crippen molar-refractivity contribution in [1.82, 2.24) is 5.32 Å². The fraction of sp³-hybridized carbons (Fsp3) is 0.571. The molecule has 0 atom stereocenters. The van der Waals surface area contributed by atoms with E-state index in [9.17, 15) is 0 Å². The summed E-state index contributed by atoms with van der Waals surface area (Å²) in [5.74, 6) is 0. The van der Waals surface area contributed by atoms with Gasteiger partial charge in [-0.3, -0.25) is 0 Å². The predicted octanol–water partition coefficient (Wildman–Crippen LogP) is 4.32. The van der Waals surface area contributed by atoms with Crippen molar-refractivity contribution in [3.05, 3.63) is 33.8 Å². The molecule has 0 spiro atoms. The summed E-state index contributed by atoms with van der Waals surface area (Å²) >= 11 is 12.4. The zero-order chi connectivity index (χ0) is 12.3. The van der Waals surface area contributed by atoms with Crippen molar-refractivity contribution in [1.29, 1.82) is 0 Å². The topological polar surface area (TPSA) is 12.0 Å². The Balaban J connectivity index is 2.20. The fourth-order valence-corrected chi connectivity index (χ4v) is 3.39. The minimum absolute atomic E-state index is 0.378. The highest BCUT2D eigenvalue weighted by molar-refractivity contribution is 6.42. The van der Waals surface area contributed by atoms with Gasteiger partial charge in [0.1, 0.15) is 0 Å². The predicted molar refractivity (Wildman–Crippen MR) is 75.0 cm³/mol. The molecule has 1 aromatic carbocycles. The number of halogens is 2. The maximum atomic E-state index is 6.28. The average molecular weight is 272 g/mol. The Hall–Kier alpha value is -0.240. The van der Waals surface area contributed by atoms with Gasteiger partial charge in [0, 0.05) is 6.54 Å². The van der Waals surface area contributed by atoms with Gasteiger partial charge >= 0.3 is 0 Å². The van der Waals surface area contributed by atoms with Gasteiger partial charge in [-0.15, -0.1) is 0 Å². The van der Waals surface area contributed by atoms with Crippen molar-refractivity contribution in [3.63, 3.8) is 0 Å². The van der Waals surface area contributed by atoms with Gasteiger partial charge in [-0.2, -0.15) is 0 Å². The molecular formula is C14H19Cl2N. The Morgan fingerprint density at radius 2 is 1.94 bits per heavy atom. The Bertz CT molecular complexity index is 384. The normalized spacial score (nSPS) is 18.5. The Morgan fingerprint density at radius 3 is 2.59 bits per heavy atom. The quantitative estimate of drug-likeness (QED) is 0.860. The van der Waals surface area contributed by atoms with Gasteiger partial charge in [0.15, 0.2) is 0 Å². The van der Waals surface area contributed by atoms with Crippen LogP contribution < -0.4 is 5.32 Å². The van der Waals surface area contributed by atoms with Gasteiger partial charge in [0.2, 0.25) is 0 Å². The number of rotatable bonds is 4.